The highest BCUT2D eigenvalue weighted by atomic mass is 16.5. The van der Waals surface area contributed by atoms with Crippen LogP contribution < -0.4 is 4.74 Å². The normalized spacial score (nSPS) is 20.6. The van der Waals surface area contributed by atoms with Gasteiger partial charge in [0.15, 0.2) is 6.61 Å². The van der Waals surface area contributed by atoms with E-state index in [0.29, 0.717) is 31.8 Å². The molecular weight excluding hydrogens is 346 g/mol. The lowest BCUT2D eigenvalue weighted by molar-refractivity contribution is -0.157. The van der Waals surface area contributed by atoms with Crippen molar-refractivity contribution in [3.05, 3.63) is 30.3 Å². The van der Waals surface area contributed by atoms with Crippen molar-refractivity contribution in [3.8, 4) is 5.75 Å². The molecule has 1 aromatic carbocycles. The molecular formula is C20H27N3O4. The molecule has 2 heterocycles. The van der Waals surface area contributed by atoms with Gasteiger partial charge in [-0.15, -0.1) is 0 Å². The molecule has 3 rings (SSSR count). The average molecular weight is 373 g/mol. The van der Waals surface area contributed by atoms with Gasteiger partial charge in [0.2, 0.25) is 11.8 Å². The first-order valence-corrected chi connectivity index (χ1v) is 9.49. The first kappa shape index (κ1) is 19.2. The standard InChI is InChI=1S/C20H27N3O4/c1-15(2)11-22-13-18(24)23-10-6-9-21(12-17(23)20(22)26)19(25)14-27-16-7-4-3-5-8-16/h3-5,7-8,15,17H,6,9-14H2,1-2H3. The number of fused-ring (bicyclic) bond motifs is 1. The fraction of sp³-hybridized carbons (Fsp3) is 0.550. The molecule has 1 atom stereocenters. The van der Waals surface area contributed by atoms with Crippen LogP contribution in [0.4, 0.5) is 0 Å². The van der Waals surface area contributed by atoms with Gasteiger partial charge in [0, 0.05) is 19.6 Å². The monoisotopic (exact) mass is 373 g/mol. The molecule has 0 radical (unpaired) electrons. The molecule has 27 heavy (non-hydrogen) atoms. The quantitative estimate of drug-likeness (QED) is 0.772. The summed E-state index contributed by atoms with van der Waals surface area (Å²) in [6.45, 7) is 5.92. The molecule has 0 saturated carbocycles. The molecule has 1 unspecified atom stereocenters. The van der Waals surface area contributed by atoms with E-state index in [1.54, 1.807) is 26.8 Å². The highest BCUT2D eigenvalue weighted by Gasteiger charge is 2.42. The van der Waals surface area contributed by atoms with Gasteiger partial charge in [-0.1, -0.05) is 32.0 Å². The summed E-state index contributed by atoms with van der Waals surface area (Å²) in [5, 5.41) is 0. The predicted molar refractivity (Wildman–Crippen MR) is 100 cm³/mol. The van der Waals surface area contributed by atoms with Gasteiger partial charge in [0.25, 0.3) is 5.91 Å². The van der Waals surface area contributed by atoms with Gasteiger partial charge in [-0.05, 0) is 24.5 Å². The molecule has 2 fully saturated rings. The number of piperazine rings is 1. The van der Waals surface area contributed by atoms with E-state index in [2.05, 4.69) is 0 Å². The summed E-state index contributed by atoms with van der Waals surface area (Å²) in [6.07, 6.45) is 0.663. The number of nitrogens with zero attached hydrogens (tertiary/aromatic N) is 3. The summed E-state index contributed by atoms with van der Waals surface area (Å²) in [7, 11) is 0. The fourth-order valence-corrected chi connectivity index (χ4v) is 3.61. The fourth-order valence-electron chi connectivity index (χ4n) is 3.61. The predicted octanol–water partition coefficient (Wildman–Crippen LogP) is 0.993. The van der Waals surface area contributed by atoms with E-state index in [-0.39, 0.29) is 43.3 Å². The Morgan fingerprint density at radius 2 is 1.93 bits per heavy atom. The van der Waals surface area contributed by atoms with Crippen molar-refractivity contribution in [3.63, 3.8) is 0 Å². The summed E-state index contributed by atoms with van der Waals surface area (Å²) in [5.41, 5.74) is 0. The molecule has 2 saturated heterocycles. The van der Waals surface area contributed by atoms with Crippen molar-refractivity contribution in [2.75, 3.05) is 39.3 Å². The van der Waals surface area contributed by atoms with E-state index in [4.69, 9.17) is 4.74 Å². The zero-order valence-electron chi connectivity index (χ0n) is 16.0. The SMILES string of the molecule is CC(C)CN1CC(=O)N2CCCN(C(=O)COc3ccccc3)CC2C1=O. The first-order chi connectivity index (χ1) is 13.0. The van der Waals surface area contributed by atoms with Gasteiger partial charge in [-0.25, -0.2) is 0 Å². The van der Waals surface area contributed by atoms with Crippen LogP contribution in [0.2, 0.25) is 0 Å². The largest absolute Gasteiger partial charge is 0.484 e. The van der Waals surface area contributed by atoms with Crippen LogP contribution in [0.25, 0.3) is 0 Å². The topological polar surface area (TPSA) is 70.2 Å². The second kappa shape index (κ2) is 8.41. The zero-order valence-corrected chi connectivity index (χ0v) is 16.0. The minimum atomic E-state index is -0.590. The van der Waals surface area contributed by atoms with E-state index in [1.807, 2.05) is 32.0 Å². The Morgan fingerprint density at radius 1 is 1.19 bits per heavy atom. The van der Waals surface area contributed by atoms with E-state index < -0.39 is 6.04 Å². The number of ether oxygens (including phenoxy) is 1. The number of carbonyl (C=O) groups is 3. The summed E-state index contributed by atoms with van der Waals surface area (Å²) < 4.78 is 5.55. The molecule has 3 amide bonds. The van der Waals surface area contributed by atoms with Gasteiger partial charge in [0.1, 0.15) is 11.8 Å². The van der Waals surface area contributed by atoms with Crippen molar-refractivity contribution in [2.24, 2.45) is 5.92 Å². The van der Waals surface area contributed by atoms with E-state index in [9.17, 15) is 14.4 Å². The lowest BCUT2D eigenvalue weighted by Crippen LogP contribution is -2.62. The zero-order chi connectivity index (χ0) is 19.4. The van der Waals surface area contributed by atoms with Gasteiger partial charge in [-0.3, -0.25) is 14.4 Å². The lowest BCUT2D eigenvalue weighted by Gasteiger charge is -2.40. The van der Waals surface area contributed by atoms with Gasteiger partial charge < -0.3 is 19.4 Å². The molecule has 7 nitrogen and oxygen atoms in total. The Hall–Kier alpha value is -2.57. The molecule has 0 N–H and O–H groups in total. The van der Waals surface area contributed by atoms with Crippen molar-refractivity contribution < 1.29 is 19.1 Å². The molecule has 2 aliphatic rings. The number of benzene rings is 1. The van der Waals surface area contributed by atoms with Crippen molar-refractivity contribution in [2.45, 2.75) is 26.3 Å². The highest BCUT2D eigenvalue weighted by molar-refractivity contribution is 5.95. The number of hydrogen-bond donors (Lipinski definition) is 0. The number of rotatable bonds is 5. The molecule has 7 heteroatoms. The van der Waals surface area contributed by atoms with E-state index >= 15 is 0 Å². The number of amides is 3. The van der Waals surface area contributed by atoms with Crippen LogP contribution in [0.15, 0.2) is 30.3 Å². The third-order valence-electron chi connectivity index (χ3n) is 4.88. The summed E-state index contributed by atoms with van der Waals surface area (Å²) in [4.78, 5) is 43.0. The molecule has 146 valence electrons. The first-order valence-electron chi connectivity index (χ1n) is 9.49. The third-order valence-corrected chi connectivity index (χ3v) is 4.88. The molecule has 0 aliphatic carbocycles. The number of para-hydroxylation sites is 1. The summed E-state index contributed by atoms with van der Waals surface area (Å²) in [5.74, 6) is 0.661. The van der Waals surface area contributed by atoms with Crippen LogP contribution in [-0.4, -0.2) is 77.8 Å². The number of hydrogen-bond acceptors (Lipinski definition) is 4. The van der Waals surface area contributed by atoms with Crippen LogP contribution in [0.3, 0.4) is 0 Å². The van der Waals surface area contributed by atoms with Crippen molar-refractivity contribution in [1.82, 2.24) is 14.7 Å². The molecule has 0 bridgehead atoms. The Labute approximate surface area is 159 Å². The van der Waals surface area contributed by atoms with Gasteiger partial charge >= 0.3 is 0 Å². The number of carbonyl (C=O) groups excluding carboxylic acids is 3. The van der Waals surface area contributed by atoms with Crippen LogP contribution in [0.5, 0.6) is 5.75 Å². The average Bonchev–Trinajstić information content (AvgIpc) is 2.88. The molecule has 0 aromatic heterocycles. The van der Waals surface area contributed by atoms with Crippen LogP contribution in [-0.2, 0) is 14.4 Å². The van der Waals surface area contributed by atoms with Crippen LogP contribution >= 0.6 is 0 Å². The third kappa shape index (κ3) is 4.59. The smallest absolute Gasteiger partial charge is 0.260 e. The molecule has 1 aromatic rings. The maximum absolute atomic E-state index is 12.9. The second-order valence-electron chi connectivity index (χ2n) is 7.51. The van der Waals surface area contributed by atoms with Crippen molar-refractivity contribution >= 4 is 17.7 Å². The van der Waals surface area contributed by atoms with E-state index in [0.717, 1.165) is 0 Å². The molecule has 0 spiro atoms. The summed E-state index contributed by atoms with van der Waals surface area (Å²) >= 11 is 0. The van der Waals surface area contributed by atoms with Crippen molar-refractivity contribution in [1.29, 1.82) is 0 Å². The van der Waals surface area contributed by atoms with Gasteiger partial charge in [0.05, 0.1) is 13.1 Å². The maximum atomic E-state index is 12.9. The van der Waals surface area contributed by atoms with Crippen LogP contribution in [0.1, 0.15) is 20.3 Å². The van der Waals surface area contributed by atoms with E-state index in [1.165, 1.54) is 0 Å². The maximum Gasteiger partial charge on any atom is 0.260 e. The second-order valence-corrected chi connectivity index (χ2v) is 7.51. The summed E-state index contributed by atoms with van der Waals surface area (Å²) in [6, 6.07) is 8.58. The minimum Gasteiger partial charge on any atom is -0.484 e. The van der Waals surface area contributed by atoms with Crippen LogP contribution in [0, 0.1) is 5.92 Å². The Balaban J connectivity index is 1.66. The highest BCUT2D eigenvalue weighted by Crippen LogP contribution is 2.19. The minimum absolute atomic E-state index is 0.0323. The Morgan fingerprint density at radius 3 is 2.63 bits per heavy atom. The Kier molecular flexibility index (Phi) is 5.98. The Bertz CT molecular complexity index is 692. The molecule has 2 aliphatic heterocycles. The lowest BCUT2D eigenvalue weighted by atomic mass is 10.1. The van der Waals surface area contributed by atoms with Gasteiger partial charge in [-0.2, -0.15) is 0 Å².